The summed E-state index contributed by atoms with van der Waals surface area (Å²) in [5.74, 6) is 0.387. The molecule has 6 nitrogen and oxygen atoms in total. The molecule has 3 aromatic rings. The van der Waals surface area contributed by atoms with Crippen molar-refractivity contribution >= 4 is 5.91 Å². The van der Waals surface area contributed by atoms with E-state index < -0.39 is 0 Å². The lowest BCUT2D eigenvalue weighted by molar-refractivity contribution is -0.135. The fourth-order valence-corrected chi connectivity index (χ4v) is 5.40. The minimum Gasteiger partial charge on any atom is -0.395 e. The third kappa shape index (κ3) is 4.54. The minimum atomic E-state index is 0.108. The number of rotatable bonds is 5. The molecule has 5 rings (SSSR count). The van der Waals surface area contributed by atoms with Gasteiger partial charge in [0.25, 0.3) is 0 Å². The molecule has 2 aromatic heterocycles. The smallest absolute Gasteiger partial charge is 0.227 e. The monoisotopic (exact) mass is 442 g/mol. The topological polar surface area (TPSA) is 69.6 Å². The molecule has 4 heterocycles. The van der Waals surface area contributed by atoms with Crippen LogP contribution < -0.4 is 0 Å². The number of benzene rings is 1. The fraction of sp³-hybridized carbons (Fsp3) is 0.370. The summed E-state index contributed by atoms with van der Waals surface area (Å²) in [7, 11) is 0. The summed E-state index contributed by atoms with van der Waals surface area (Å²) < 4.78 is 0. The molecule has 0 spiro atoms. The number of aromatic nitrogens is 2. The van der Waals surface area contributed by atoms with Crippen molar-refractivity contribution < 1.29 is 9.90 Å². The van der Waals surface area contributed by atoms with Gasteiger partial charge in [-0.15, -0.1) is 0 Å². The number of fused-ring (bicyclic) bond motifs is 1. The maximum atomic E-state index is 13.1. The molecular weight excluding hydrogens is 412 g/mol. The first-order valence-electron chi connectivity index (χ1n) is 11.8. The van der Waals surface area contributed by atoms with Crippen LogP contribution in [0.3, 0.4) is 0 Å². The second-order valence-electron chi connectivity index (χ2n) is 9.02. The zero-order valence-corrected chi connectivity index (χ0v) is 18.8. The van der Waals surface area contributed by atoms with E-state index >= 15 is 0 Å². The van der Waals surface area contributed by atoms with Gasteiger partial charge >= 0.3 is 0 Å². The second-order valence-corrected chi connectivity index (χ2v) is 9.02. The zero-order chi connectivity index (χ0) is 22.6. The lowest BCUT2D eigenvalue weighted by Crippen LogP contribution is -2.68. The molecule has 6 heteroatoms. The quantitative estimate of drug-likeness (QED) is 0.658. The number of aliphatic hydroxyl groups is 1. The van der Waals surface area contributed by atoms with Gasteiger partial charge in [0.05, 0.1) is 13.0 Å². The van der Waals surface area contributed by atoms with Crippen LogP contribution in [0.1, 0.15) is 29.9 Å². The largest absolute Gasteiger partial charge is 0.395 e. The molecule has 2 fully saturated rings. The van der Waals surface area contributed by atoms with Crippen molar-refractivity contribution in [3.05, 3.63) is 84.4 Å². The number of pyridine rings is 2. The Morgan fingerprint density at radius 2 is 1.52 bits per heavy atom. The summed E-state index contributed by atoms with van der Waals surface area (Å²) in [6, 6.07) is 16.8. The van der Waals surface area contributed by atoms with Crippen molar-refractivity contribution in [2.45, 2.75) is 37.3 Å². The third-order valence-corrected chi connectivity index (χ3v) is 7.14. The molecular formula is C27H30N4O2. The molecule has 0 radical (unpaired) electrons. The van der Waals surface area contributed by atoms with Crippen LogP contribution in [0.25, 0.3) is 11.1 Å². The third-order valence-electron chi connectivity index (χ3n) is 7.14. The van der Waals surface area contributed by atoms with Gasteiger partial charge in [-0.25, -0.2) is 0 Å². The zero-order valence-electron chi connectivity index (χ0n) is 18.8. The fourth-order valence-electron chi connectivity index (χ4n) is 5.40. The molecule has 0 aliphatic carbocycles. The number of nitrogens with zero attached hydrogens (tertiary/aromatic N) is 4. The Labute approximate surface area is 194 Å². The van der Waals surface area contributed by atoms with Crippen LogP contribution in [-0.4, -0.2) is 69.1 Å². The molecule has 1 amide bonds. The number of carbonyl (C=O) groups is 1. The van der Waals surface area contributed by atoms with E-state index in [2.05, 4.69) is 39.1 Å². The van der Waals surface area contributed by atoms with Gasteiger partial charge in [0.2, 0.25) is 5.91 Å². The van der Waals surface area contributed by atoms with Crippen LogP contribution in [0, 0.1) is 0 Å². The maximum Gasteiger partial charge on any atom is 0.227 e. The van der Waals surface area contributed by atoms with Gasteiger partial charge in [-0.05, 0) is 65.9 Å². The molecule has 2 aliphatic rings. The molecule has 1 aromatic carbocycles. The Balaban J connectivity index is 1.35. The number of hydrogen-bond acceptors (Lipinski definition) is 5. The highest BCUT2D eigenvalue weighted by molar-refractivity contribution is 5.78. The van der Waals surface area contributed by atoms with Gasteiger partial charge in [0, 0.05) is 55.9 Å². The van der Waals surface area contributed by atoms with Crippen molar-refractivity contribution in [2.75, 3.05) is 26.2 Å². The SMILES string of the molecule is O=C(Cc1ccncc1)N1CCCCN2[C@@H](CO)[C@@H](c3ccc(-c4ccncc4)cc3)[C@@H]2C1. The molecule has 0 unspecified atom stereocenters. The van der Waals surface area contributed by atoms with Gasteiger partial charge in [0.15, 0.2) is 0 Å². The molecule has 0 bridgehead atoms. The highest BCUT2D eigenvalue weighted by Gasteiger charge is 2.49. The standard InChI is InChI=1S/C27H30N4O2/c32-19-25-27(23-5-3-21(4-6-23)22-9-13-29-14-10-22)24-18-30(15-1-2-16-31(24)25)26(33)17-20-7-11-28-12-8-20/h3-14,24-25,27,32H,1-2,15-19H2/t24-,25-,27-/m0/s1. The summed E-state index contributed by atoms with van der Waals surface area (Å²) in [6.45, 7) is 2.62. The van der Waals surface area contributed by atoms with Crippen molar-refractivity contribution in [3.8, 4) is 11.1 Å². The van der Waals surface area contributed by atoms with Crippen molar-refractivity contribution in [1.82, 2.24) is 19.8 Å². The highest BCUT2D eigenvalue weighted by atomic mass is 16.3. The molecule has 3 atom stereocenters. The van der Waals surface area contributed by atoms with E-state index in [4.69, 9.17) is 0 Å². The molecule has 2 aliphatic heterocycles. The lowest BCUT2D eigenvalue weighted by Gasteiger charge is -2.57. The molecule has 0 saturated carbocycles. The van der Waals surface area contributed by atoms with Gasteiger partial charge in [0.1, 0.15) is 0 Å². The lowest BCUT2D eigenvalue weighted by atomic mass is 9.74. The number of aliphatic hydroxyl groups excluding tert-OH is 1. The van der Waals surface area contributed by atoms with Gasteiger partial charge in [-0.1, -0.05) is 24.3 Å². The Morgan fingerprint density at radius 1 is 0.879 bits per heavy atom. The average Bonchev–Trinajstić information content (AvgIpc) is 2.84. The minimum absolute atomic E-state index is 0.108. The first kappa shape index (κ1) is 21.7. The number of carbonyl (C=O) groups excluding carboxylic acids is 1. The Hall–Kier alpha value is -3.09. The van der Waals surface area contributed by atoms with Gasteiger partial charge in [-0.2, -0.15) is 0 Å². The van der Waals surface area contributed by atoms with Crippen LogP contribution in [0.4, 0.5) is 0 Å². The maximum absolute atomic E-state index is 13.1. The normalized spacial score (nSPS) is 23.2. The number of hydrogen-bond donors (Lipinski definition) is 1. The van der Waals surface area contributed by atoms with Crippen molar-refractivity contribution in [3.63, 3.8) is 0 Å². The molecule has 170 valence electrons. The van der Waals surface area contributed by atoms with E-state index in [-0.39, 0.29) is 30.5 Å². The second kappa shape index (κ2) is 9.81. The van der Waals surface area contributed by atoms with E-state index in [9.17, 15) is 9.90 Å². The van der Waals surface area contributed by atoms with Gasteiger partial charge < -0.3 is 10.0 Å². The summed E-state index contributed by atoms with van der Waals surface area (Å²) in [6.07, 6.45) is 9.53. The Kier molecular flexibility index (Phi) is 6.46. The van der Waals surface area contributed by atoms with E-state index in [1.165, 1.54) is 5.56 Å². The molecule has 1 N–H and O–H groups in total. The van der Waals surface area contributed by atoms with Crippen LogP contribution in [0.5, 0.6) is 0 Å². The van der Waals surface area contributed by atoms with Crippen LogP contribution >= 0.6 is 0 Å². The van der Waals surface area contributed by atoms with E-state index in [0.29, 0.717) is 13.0 Å². The molecule has 33 heavy (non-hydrogen) atoms. The van der Waals surface area contributed by atoms with E-state index in [0.717, 1.165) is 42.6 Å². The van der Waals surface area contributed by atoms with Crippen LogP contribution in [0.2, 0.25) is 0 Å². The summed E-state index contributed by atoms with van der Waals surface area (Å²) in [5, 5.41) is 10.2. The van der Waals surface area contributed by atoms with Crippen molar-refractivity contribution in [2.24, 2.45) is 0 Å². The van der Waals surface area contributed by atoms with Crippen LogP contribution in [-0.2, 0) is 11.2 Å². The summed E-state index contributed by atoms with van der Waals surface area (Å²) in [5.41, 5.74) is 4.53. The summed E-state index contributed by atoms with van der Waals surface area (Å²) >= 11 is 0. The van der Waals surface area contributed by atoms with Crippen molar-refractivity contribution in [1.29, 1.82) is 0 Å². The highest BCUT2D eigenvalue weighted by Crippen LogP contribution is 2.42. The summed E-state index contributed by atoms with van der Waals surface area (Å²) in [4.78, 5) is 25.7. The predicted octanol–water partition coefficient (Wildman–Crippen LogP) is 3.14. The Bertz CT molecular complexity index is 1060. The first-order valence-corrected chi connectivity index (χ1v) is 11.8. The average molecular weight is 443 g/mol. The Morgan fingerprint density at radius 3 is 2.21 bits per heavy atom. The van der Waals surface area contributed by atoms with E-state index in [1.54, 1.807) is 24.8 Å². The van der Waals surface area contributed by atoms with E-state index in [1.807, 2.05) is 29.2 Å². The number of amides is 1. The first-order chi connectivity index (χ1) is 16.2. The molecule has 2 saturated heterocycles. The predicted molar refractivity (Wildman–Crippen MR) is 128 cm³/mol. The van der Waals surface area contributed by atoms with Gasteiger partial charge in [-0.3, -0.25) is 19.7 Å². The van der Waals surface area contributed by atoms with Crippen LogP contribution in [0.15, 0.2) is 73.3 Å².